The second-order valence-corrected chi connectivity index (χ2v) is 4.35. The van der Waals surface area contributed by atoms with Crippen LogP contribution in [-0.4, -0.2) is 25.1 Å². The number of nitrogens with two attached hydrogens (primary N) is 1. The van der Waals surface area contributed by atoms with E-state index in [1.54, 1.807) is 6.92 Å². The molecule has 0 atom stereocenters. The molecule has 0 saturated heterocycles. The van der Waals surface area contributed by atoms with Gasteiger partial charge in [-0.25, -0.2) is 20.8 Å². The van der Waals surface area contributed by atoms with Gasteiger partial charge < -0.3 is 0 Å². The molecule has 4 N–H and O–H groups in total. The third-order valence-corrected chi connectivity index (χ3v) is 2.68. The average Bonchev–Trinajstić information content (AvgIpc) is 2.73. The summed E-state index contributed by atoms with van der Waals surface area (Å²) >= 11 is 0.868. The fraction of sp³-hybridized carbons (Fsp3) is 0.250. The molecule has 0 aliphatic heterocycles. The zero-order valence-electron chi connectivity index (χ0n) is 9.49. The summed E-state index contributed by atoms with van der Waals surface area (Å²) in [5.41, 5.74) is 0.894. The molecule has 0 aromatic carbocycles. The molecule has 2 rings (SSSR count). The third kappa shape index (κ3) is 3.32. The van der Waals surface area contributed by atoms with Crippen LogP contribution in [0.4, 0.5) is 19.1 Å². The lowest BCUT2D eigenvalue weighted by Crippen LogP contribution is -2.15. The van der Waals surface area contributed by atoms with E-state index in [0.29, 0.717) is 5.82 Å². The van der Waals surface area contributed by atoms with Gasteiger partial charge in [0.2, 0.25) is 11.1 Å². The first-order chi connectivity index (χ1) is 8.88. The molecule has 19 heavy (non-hydrogen) atoms. The number of anilines is 1. The molecular weight excluding hydrogens is 283 g/mol. The molecule has 102 valence electrons. The zero-order chi connectivity index (χ0) is 14.0. The van der Waals surface area contributed by atoms with E-state index < -0.39 is 11.9 Å². The van der Waals surface area contributed by atoms with Crippen LogP contribution in [0, 0.1) is 6.92 Å². The molecule has 0 radical (unpaired) electrons. The Morgan fingerprint density at radius 3 is 2.58 bits per heavy atom. The minimum Gasteiger partial charge on any atom is -0.292 e. The van der Waals surface area contributed by atoms with E-state index in [1.165, 1.54) is 0 Å². The number of aryl methyl sites for hydroxylation is 1. The van der Waals surface area contributed by atoms with Gasteiger partial charge in [0, 0.05) is 6.07 Å². The van der Waals surface area contributed by atoms with Crippen molar-refractivity contribution in [1.29, 1.82) is 0 Å². The van der Waals surface area contributed by atoms with E-state index in [0.717, 1.165) is 17.8 Å². The lowest BCUT2D eigenvalue weighted by Gasteiger charge is -2.08. The van der Waals surface area contributed by atoms with Crippen LogP contribution < -0.4 is 11.3 Å². The quantitative estimate of drug-likeness (QED) is 0.445. The topological polar surface area (TPSA) is 105 Å². The van der Waals surface area contributed by atoms with E-state index in [-0.39, 0.29) is 16.1 Å². The number of aromatic nitrogens is 5. The van der Waals surface area contributed by atoms with Gasteiger partial charge in [-0.2, -0.15) is 13.2 Å². The molecule has 7 nitrogen and oxygen atoms in total. The molecule has 0 aliphatic rings. The molecule has 0 bridgehead atoms. The van der Waals surface area contributed by atoms with Crippen molar-refractivity contribution in [3.63, 3.8) is 0 Å². The fourth-order valence-corrected chi connectivity index (χ4v) is 1.91. The molecule has 2 aromatic heterocycles. The largest absolute Gasteiger partial charge is 0.433 e. The van der Waals surface area contributed by atoms with Crippen LogP contribution in [0.25, 0.3) is 0 Å². The van der Waals surface area contributed by atoms with Gasteiger partial charge in [-0.1, -0.05) is 0 Å². The van der Waals surface area contributed by atoms with Gasteiger partial charge in [0.25, 0.3) is 0 Å². The number of nitrogens with one attached hydrogen (secondary N) is 2. The normalized spacial score (nSPS) is 11.6. The molecule has 0 saturated carbocycles. The Morgan fingerprint density at radius 1 is 1.32 bits per heavy atom. The first kappa shape index (κ1) is 13.5. The number of aromatic amines is 1. The third-order valence-electron chi connectivity index (χ3n) is 1.89. The highest BCUT2D eigenvalue weighted by Crippen LogP contribution is 2.32. The Morgan fingerprint density at radius 2 is 2.05 bits per heavy atom. The maximum absolute atomic E-state index is 12.6. The van der Waals surface area contributed by atoms with Gasteiger partial charge in [-0.3, -0.25) is 10.5 Å². The second-order valence-electron chi connectivity index (χ2n) is 3.36. The molecule has 0 unspecified atom stereocenters. The number of H-pyrrole nitrogens is 1. The van der Waals surface area contributed by atoms with Gasteiger partial charge >= 0.3 is 6.18 Å². The molecule has 2 aromatic rings. The Kier molecular flexibility index (Phi) is 3.57. The van der Waals surface area contributed by atoms with Crippen molar-refractivity contribution in [3.8, 4) is 0 Å². The van der Waals surface area contributed by atoms with Crippen LogP contribution in [0.1, 0.15) is 11.5 Å². The van der Waals surface area contributed by atoms with Gasteiger partial charge in [-0.05, 0) is 18.7 Å². The second kappa shape index (κ2) is 5.01. The molecule has 0 spiro atoms. The van der Waals surface area contributed by atoms with Crippen LogP contribution in [0.2, 0.25) is 0 Å². The number of hydrazine groups is 1. The summed E-state index contributed by atoms with van der Waals surface area (Å²) in [5, 5.41) is 6.66. The van der Waals surface area contributed by atoms with Crippen LogP contribution in [0.3, 0.4) is 0 Å². The van der Waals surface area contributed by atoms with Crippen molar-refractivity contribution < 1.29 is 13.2 Å². The molecular formula is C8H8F3N7S. The number of nitrogens with zero attached hydrogens (tertiary/aromatic N) is 4. The summed E-state index contributed by atoms with van der Waals surface area (Å²) in [5.74, 6) is 5.26. The molecule has 0 fully saturated rings. The minimum absolute atomic E-state index is 0.0364. The van der Waals surface area contributed by atoms with Crippen LogP contribution in [0.15, 0.2) is 16.2 Å². The Hall–Kier alpha value is -1.88. The lowest BCUT2D eigenvalue weighted by atomic mass is 10.4. The van der Waals surface area contributed by atoms with E-state index in [4.69, 9.17) is 5.84 Å². The SMILES string of the molecule is Cc1nc(Sc2cc(C(F)(F)F)nc(NN)n2)n[nH]1. The van der Waals surface area contributed by atoms with E-state index in [2.05, 4.69) is 25.1 Å². The maximum Gasteiger partial charge on any atom is 0.433 e. The predicted molar refractivity (Wildman–Crippen MR) is 60.1 cm³/mol. The van der Waals surface area contributed by atoms with Crippen LogP contribution in [-0.2, 0) is 6.18 Å². The van der Waals surface area contributed by atoms with E-state index in [9.17, 15) is 13.2 Å². The van der Waals surface area contributed by atoms with Crippen molar-refractivity contribution in [3.05, 3.63) is 17.6 Å². The highest BCUT2D eigenvalue weighted by atomic mass is 32.2. The smallest absolute Gasteiger partial charge is 0.292 e. The molecule has 0 amide bonds. The van der Waals surface area contributed by atoms with Crippen molar-refractivity contribution in [2.45, 2.75) is 23.3 Å². The number of alkyl halides is 3. The Balaban J connectivity index is 2.34. The molecule has 0 aliphatic carbocycles. The van der Waals surface area contributed by atoms with Gasteiger partial charge in [0.1, 0.15) is 10.9 Å². The highest BCUT2D eigenvalue weighted by molar-refractivity contribution is 7.99. The number of halogens is 3. The number of hydrogen-bond acceptors (Lipinski definition) is 7. The van der Waals surface area contributed by atoms with Crippen LogP contribution in [0.5, 0.6) is 0 Å². The first-order valence-electron chi connectivity index (χ1n) is 4.88. The van der Waals surface area contributed by atoms with Crippen molar-refractivity contribution in [2.75, 3.05) is 5.43 Å². The Labute approximate surface area is 109 Å². The maximum atomic E-state index is 12.6. The van der Waals surface area contributed by atoms with Crippen molar-refractivity contribution in [2.24, 2.45) is 5.84 Å². The average molecular weight is 291 g/mol. The number of nitrogen functional groups attached to an aromatic ring is 1. The van der Waals surface area contributed by atoms with E-state index >= 15 is 0 Å². The minimum atomic E-state index is -4.58. The van der Waals surface area contributed by atoms with Gasteiger partial charge in [0.15, 0.2) is 5.69 Å². The summed E-state index contributed by atoms with van der Waals surface area (Å²) < 4.78 is 37.9. The predicted octanol–water partition coefficient (Wildman–Crippen LogP) is 1.36. The summed E-state index contributed by atoms with van der Waals surface area (Å²) in [4.78, 5) is 11.0. The zero-order valence-corrected chi connectivity index (χ0v) is 10.3. The van der Waals surface area contributed by atoms with Crippen LogP contribution >= 0.6 is 11.8 Å². The molecule has 11 heteroatoms. The lowest BCUT2D eigenvalue weighted by molar-refractivity contribution is -0.141. The summed E-state index contributed by atoms with van der Waals surface area (Å²) in [7, 11) is 0. The van der Waals surface area contributed by atoms with Crippen molar-refractivity contribution in [1.82, 2.24) is 25.1 Å². The van der Waals surface area contributed by atoms with Gasteiger partial charge in [-0.15, -0.1) is 5.10 Å². The highest BCUT2D eigenvalue weighted by Gasteiger charge is 2.33. The monoisotopic (exact) mass is 291 g/mol. The Bertz CT molecular complexity index is 582. The number of hydrogen-bond donors (Lipinski definition) is 3. The standard InChI is InChI=1S/C8H8F3N7S/c1-3-13-7(18-17-3)19-5-2-4(8(9,10)11)14-6(15-5)16-12/h2H,12H2,1H3,(H,13,17,18)(H,14,15,16). The summed E-state index contributed by atoms with van der Waals surface area (Å²) in [6.07, 6.45) is -4.58. The summed E-state index contributed by atoms with van der Waals surface area (Å²) in [6, 6.07) is 0.803. The van der Waals surface area contributed by atoms with E-state index in [1.807, 2.05) is 5.43 Å². The summed E-state index contributed by atoms with van der Waals surface area (Å²) in [6.45, 7) is 1.67. The fourth-order valence-electron chi connectivity index (χ4n) is 1.15. The number of rotatable bonds is 3. The molecule has 2 heterocycles. The first-order valence-corrected chi connectivity index (χ1v) is 5.70. The van der Waals surface area contributed by atoms with Gasteiger partial charge in [0.05, 0.1) is 0 Å². The van der Waals surface area contributed by atoms with Crippen molar-refractivity contribution >= 4 is 17.7 Å².